The molecule has 1 fully saturated rings. The maximum Gasteiger partial charge on any atom is 0.269 e. The number of rotatable bonds is 4. The maximum absolute atomic E-state index is 14.5. The number of sulfonamides is 1. The summed E-state index contributed by atoms with van der Waals surface area (Å²) in [5, 5.41) is 11.0. The maximum atomic E-state index is 14.5. The van der Waals surface area contributed by atoms with Crippen molar-refractivity contribution >= 4 is 27.3 Å². The molecule has 2 aromatic carbocycles. The van der Waals surface area contributed by atoms with Crippen LogP contribution in [0.4, 0.5) is 15.8 Å². The van der Waals surface area contributed by atoms with E-state index in [1.807, 2.05) is 0 Å². The molecule has 0 N–H and O–H groups in total. The molecule has 164 valence electrons. The number of anilines is 1. The fraction of sp³-hybridized carbons (Fsp3) is 0.350. The molecule has 0 aromatic heterocycles. The second-order valence-corrected chi connectivity index (χ2v) is 9.37. The van der Waals surface area contributed by atoms with Gasteiger partial charge >= 0.3 is 0 Å². The second kappa shape index (κ2) is 7.98. The number of carbonyl (C=O) groups is 1. The third-order valence-electron chi connectivity index (χ3n) is 5.47. The van der Waals surface area contributed by atoms with Gasteiger partial charge in [0.2, 0.25) is 10.0 Å². The summed E-state index contributed by atoms with van der Waals surface area (Å²) in [6, 6.07) is 7.22. The van der Waals surface area contributed by atoms with E-state index in [4.69, 9.17) is 4.74 Å². The molecule has 2 aliphatic heterocycles. The van der Waals surface area contributed by atoms with Crippen LogP contribution in [0.3, 0.4) is 0 Å². The van der Waals surface area contributed by atoms with Gasteiger partial charge in [0.1, 0.15) is 10.7 Å². The quantitative estimate of drug-likeness (QED) is 0.523. The minimum Gasteiger partial charge on any atom is -0.379 e. The monoisotopic (exact) mass is 449 g/mol. The fourth-order valence-electron chi connectivity index (χ4n) is 3.94. The van der Waals surface area contributed by atoms with Crippen molar-refractivity contribution in [2.24, 2.45) is 0 Å². The summed E-state index contributed by atoms with van der Waals surface area (Å²) in [5.74, 6) is -1.44. The summed E-state index contributed by atoms with van der Waals surface area (Å²) < 4.78 is 46.6. The van der Waals surface area contributed by atoms with E-state index in [0.29, 0.717) is 17.7 Å². The first-order valence-electron chi connectivity index (χ1n) is 9.68. The topological polar surface area (TPSA) is 110 Å². The van der Waals surface area contributed by atoms with Crippen LogP contribution in [-0.4, -0.2) is 55.9 Å². The van der Waals surface area contributed by atoms with Crippen LogP contribution < -0.4 is 4.90 Å². The molecule has 0 aliphatic carbocycles. The number of amides is 1. The molecule has 11 heteroatoms. The van der Waals surface area contributed by atoms with Gasteiger partial charge in [-0.1, -0.05) is 0 Å². The van der Waals surface area contributed by atoms with Crippen molar-refractivity contribution in [2.45, 2.75) is 24.3 Å². The van der Waals surface area contributed by atoms with Crippen LogP contribution in [0.5, 0.6) is 0 Å². The first kappa shape index (κ1) is 21.3. The Kier molecular flexibility index (Phi) is 5.50. The van der Waals surface area contributed by atoms with Crippen molar-refractivity contribution in [2.75, 3.05) is 31.2 Å². The van der Waals surface area contributed by atoms with Crippen LogP contribution in [0.25, 0.3) is 0 Å². The molecular weight excluding hydrogens is 429 g/mol. The van der Waals surface area contributed by atoms with E-state index in [1.54, 1.807) is 6.92 Å². The number of carbonyl (C=O) groups excluding carboxylic acids is 1. The number of nitrogens with zero attached hydrogens (tertiary/aromatic N) is 3. The van der Waals surface area contributed by atoms with Gasteiger partial charge in [0, 0.05) is 42.5 Å². The van der Waals surface area contributed by atoms with Gasteiger partial charge in [-0.2, -0.15) is 4.31 Å². The molecule has 0 spiro atoms. The zero-order valence-corrected chi connectivity index (χ0v) is 17.5. The summed E-state index contributed by atoms with van der Waals surface area (Å²) in [6.45, 7) is 2.44. The average Bonchev–Trinajstić information content (AvgIpc) is 3.08. The van der Waals surface area contributed by atoms with Gasteiger partial charge in [0.25, 0.3) is 11.6 Å². The lowest BCUT2D eigenvalue weighted by Crippen LogP contribution is -2.41. The highest BCUT2D eigenvalue weighted by atomic mass is 32.2. The molecule has 1 saturated heterocycles. The molecule has 0 bridgehead atoms. The Balaban J connectivity index is 1.69. The molecular formula is C20H20FN3O6S. The minimum atomic E-state index is -4.13. The smallest absolute Gasteiger partial charge is 0.269 e. The van der Waals surface area contributed by atoms with Gasteiger partial charge < -0.3 is 9.64 Å². The highest BCUT2D eigenvalue weighted by Gasteiger charge is 2.35. The number of hydrogen-bond donors (Lipinski definition) is 0. The van der Waals surface area contributed by atoms with E-state index in [0.717, 1.165) is 16.4 Å². The third kappa shape index (κ3) is 3.80. The summed E-state index contributed by atoms with van der Waals surface area (Å²) in [6.07, 6.45) is 0.420. The molecule has 31 heavy (non-hydrogen) atoms. The summed E-state index contributed by atoms with van der Waals surface area (Å²) >= 11 is 0. The van der Waals surface area contributed by atoms with E-state index in [2.05, 4.69) is 0 Å². The van der Waals surface area contributed by atoms with Gasteiger partial charge in [0.05, 0.1) is 18.1 Å². The SMILES string of the molecule is CC1Cc2cc([N+](=O)[O-])ccc2N1C(=O)c1ccc(F)c(S(=O)(=O)N2CCOCC2)c1. The Labute approximate surface area is 178 Å². The number of nitro benzene ring substituents is 1. The number of non-ortho nitro benzene ring substituents is 1. The Morgan fingerprint density at radius 2 is 1.90 bits per heavy atom. The fourth-order valence-corrected chi connectivity index (χ4v) is 5.44. The number of fused-ring (bicyclic) bond motifs is 1. The molecule has 0 saturated carbocycles. The lowest BCUT2D eigenvalue weighted by molar-refractivity contribution is -0.384. The van der Waals surface area contributed by atoms with E-state index >= 15 is 0 Å². The molecule has 0 radical (unpaired) electrons. The average molecular weight is 449 g/mol. The van der Waals surface area contributed by atoms with Crippen molar-refractivity contribution in [1.29, 1.82) is 0 Å². The number of halogens is 1. The van der Waals surface area contributed by atoms with Gasteiger partial charge in [-0.15, -0.1) is 0 Å². The van der Waals surface area contributed by atoms with Crippen LogP contribution in [0.1, 0.15) is 22.8 Å². The van der Waals surface area contributed by atoms with E-state index < -0.39 is 31.6 Å². The number of nitro groups is 1. The second-order valence-electron chi connectivity index (χ2n) is 7.46. The van der Waals surface area contributed by atoms with E-state index in [-0.39, 0.29) is 43.6 Å². The summed E-state index contributed by atoms with van der Waals surface area (Å²) in [7, 11) is -4.13. The number of benzene rings is 2. The van der Waals surface area contributed by atoms with Gasteiger partial charge in [0.15, 0.2) is 0 Å². The molecule has 2 aliphatic rings. The number of hydrogen-bond acceptors (Lipinski definition) is 6. The molecule has 1 unspecified atom stereocenters. The van der Waals surface area contributed by atoms with Crippen LogP contribution in [0, 0.1) is 15.9 Å². The van der Waals surface area contributed by atoms with Gasteiger partial charge in [-0.25, -0.2) is 12.8 Å². The van der Waals surface area contributed by atoms with Crippen LogP contribution >= 0.6 is 0 Å². The normalized spacial score (nSPS) is 19.3. The van der Waals surface area contributed by atoms with Crippen LogP contribution in [0.15, 0.2) is 41.3 Å². The van der Waals surface area contributed by atoms with Gasteiger partial charge in [-0.05, 0) is 43.2 Å². The Bertz CT molecular complexity index is 1160. The van der Waals surface area contributed by atoms with Crippen molar-refractivity contribution in [3.05, 3.63) is 63.5 Å². The Morgan fingerprint density at radius 3 is 2.58 bits per heavy atom. The molecule has 1 amide bonds. The molecule has 1 atom stereocenters. The van der Waals surface area contributed by atoms with Gasteiger partial charge in [-0.3, -0.25) is 14.9 Å². The zero-order chi connectivity index (χ0) is 22.3. The Hall–Kier alpha value is -2.89. The molecule has 2 aromatic rings. The lowest BCUT2D eigenvalue weighted by atomic mass is 10.1. The minimum absolute atomic E-state index is 0.0197. The molecule has 9 nitrogen and oxygen atoms in total. The van der Waals surface area contributed by atoms with Crippen molar-refractivity contribution in [1.82, 2.24) is 4.31 Å². The van der Waals surface area contributed by atoms with Crippen LogP contribution in [0.2, 0.25) is 0 Å². The number of ether oxygens (including phenoxy) is 1. The Morgan fingerprint density at radius 1 is 1.19 bits per heavy atom. The summed E-state index contributed by atoms with van der Waals surface area (Å²) in [5.41, 5.74) is 1.12. The van der Waals surface area contributed by atoms with E-state index in [9.17, 15) is 27.7 Å². The van der Waals surface area contributed by atoms with Crippen LogP contribution in [-0.2, 0) is 21.2 Å². The third-order valence-corrected chi connectivity index (χ3v) is 7.39. The van der Waals surface area contributed by atoms with Crippen molar-refractivity contribution < 1.29 is 27.3 Å². The first-order valence-corrected chi connectivity index (χ1v) is 11.1. The predicted octanol–water partition coefficient (Wildman–Crippen LogP) is 2.35. The van der Waals surface area contributed by atoms with Crippen molar-refractivity contribution in [3.8, 4) is 0 Å². The zero-order valence-electron chi connectivity index (χ0n) is 16.7. The number of morpholine rings is 1. The molecule has 4 rings (SSSR count). The highest BCUT2D eigenvalue weighted by molar-refractivity contribution is 7.89. The first-order chi connectivity index (χ1) is 14.7. The summed E-state index contributed by atoms with van der Waals surface area (Å²) in [4.78, 5) is 24.7. The lowest BCUT2D eigenvalue weighted by Gasteiger charge is -2.27. The van der Waals surface area contributed by atoms with Crippen molar-refractivity contribution in [3.63, 3.8) is 0 Å². The highest BCUT2D eigenvalue weighted by Crippen LogP contribution is 2.36. The largest absolute Gasteiger partial charge is 0.379 e. The standard InChI is InChI=1S/C20H20FN3O6S/c1-13-10-15-11-16(24(26)27)3-5-18(15)23(13)20(25)14-2-4-17(21)19(12-14)31(28,29)22-6-8-30-9-7-22/h2-5,11-13H,6-10H2,1H3. The van der Waals surface area contributed by atoms with E-state index in [1.165, 1.54) is 29.2 Å². The predicted molar refractivity (Wildman–Crippen MR) is 109 cm³/mol. The molecule has 2 heterocycles.